The van der Waals surface area contributed by atoms with E-state index in [-0.39, 0.29) is 0 Å². The summed E-state index contributed by atoms with van der Waals surface area (Å²) >= 11 is 2.04. The zero-order chi connectivity index (χ0) is 13.4. The number of piperidine rings is 1. The molecular formula is C16H26N2S. The van der Waals surface area contributed by atoms with Gasteiger partial charge in [-0.25, -0.2) is 0 Å². The maximum atomic E-state index is 3.81. The van der Waals surface area contributed by atoms with Crippen LogP contribution in [0.2, 0.25) is 0 Å². The second-order valence-electron chi connectivity index (χ2n) is 6.50. The molecule has 1 aromatic rings. The van der Waals surface area contributed by atoms with Gasteiger partial charge in [0.05, 0.1) is 0 Å². The monoisotopic (exact) mass is 278 g/mol. The Kier molecular flexibility index (Phi) is 3.97. The van der Waals surface area contributed by atoms with E-state index >= 15 is 0 Å². The summed E-state index contributed by atoms with van der Waals surface area (Å²) in [5, 5.41) is 3.81. The molecule has 1 aliphatic heterocycles. The average molecular weight is 278 g/mol. The number of nitrogens with one attached hydrogen (secondary N) is 1. The van der Waals surface area contributed by atoms with Gasteiger partial charge in [-0.05, 0) is 57.2 Å². The Morgan fingerprint density at radius 1 is 1.37 bits per heavy atom. The topological polar surface area (TPSA) is 15.3 Å². The highest BCUT2D eigenvalue weighted by molar-refractivity contribution is 7.12. The van der Waals surface area contributed by atoms with Crippen molar-refractivity contribution in [1.29, 1.82) is 0 Å². The molecule has 0 bridgehead atoms. The van der Waals surface area contributed by atoms with Crippen molar-refractivity contribution in [1.82, 2.24) is 10.2 Å². The molecule has 1 fully saturated rings. The van der Waals surface area contributed by atoms with Crippen LogP contribution in [0.15, 0.2) is 6.07 Å². The summed E-state index contributed by atoms with van der Waals surface area (Å²) in [5.41, 5.74) is 1.63. The average Bonchev–Trinajstić information content (AvgIpc) is 2.92. The third-order valence-corrected chi connectivity index (χ3v) is 6.18. The van der Waals surface area contributed by atoms with Crippen molar-refractivity contribution in [3.05, 3.63) is 21.4 Å². The van der Waals surface area contributed by atoms with Crippen LogP contribution in [0.1, 0.15) is 42.0 Å². The summed E-state index contributed by atoms with van der Waals surface area (Å²) in [6.45, 7) is 7.03. The van der Waals surface area contributed by atoms with Crippen molar-refractivity contribution in [2.45, 2.75) is 58.2 Å². The molecule has 106 valence electrons. The summed E-state index contributed by atoms with van der Waals surface area (Å²) in [6.07, 6.45) is 5.29. The lowest BCUT2D eigenvalue weighted by atomic mass is 9.90. The number of aryl methyl sites for hydroxylation is 2. The second-order valence-corrected chi connectivity index (χ2v) is 7.72. The molecule has 3 atom stereocenters. The van der Waals surface area contributed by atoms with Crippen molar-refractivity contribution < 1.29 is 0 Å². The van der Waals surface area contributed by atoms with Gasteiger partial charge in [0.2, 0.25) is 0 Å². The predicted molar refractivity (Wildman–Crippen MR) is 82.8 cm³/mol. The van der Waals surface area contributed by atoms with Gasteiger partial charge in [0.1, 0.15) is 0 Å². The molecule has 1 saturated heterocycles. The van der Waals surface area contributed by atoms with E-state index in [9.17, 15) is 0 Å². The maximum Gasteiger partial charge on any atom is 0.0302 e. The van der Waals surface area contributed by atoms with E-state index in [1.165, 1.54) is 32.2 Å². The summed E-state index contributed by atoms with van der Waals surface area (Å²) in [7, 11) is 2.25. The Labute approximate surface area is 121 Å². The lowest BCUT2D eigenvalue weighted by Gasteiger charge is -2.40. The standard InChI is InChI=1S/C16H26N2S/c1-11-10-18(3)12(2)7-15(11)17-9-14-8-13-5-4-6-16(13)19-14/h8,11-12,15,17H,4-7,9-10H2,1-3H3. The Hall–Kier alpha value is -0.380. The van der Waals surface area contributed by atoms with Gasteiger partial charge in [0.25, 0.3) is 0 Å². The molecule has 1 N–H and O–H groups in total. The van der Waals surface area contributed by atoms with Crippen molar-refractivity contribution in [3.63, 3.8) is 0 Å². The first-order chi connectivity index (χ1) is 9.13. The summed E-state index contributed by atoms with van der Waals surface area (Å²) < 4.78 is 0. The van der Waals surface area contributed by atoms with Crippen LogP contribution in [0, 0.1) is 5.92 Å². The fraction of sp³-hybridized carbons (Fsp3) is 0.750. The lowest BCUT2D eigenvalue weighted by molar-refractivity contribution is 0.121. The van der Waals surface area contributed by atoms with E-state index in [0.29, 0.717) is 12.1 Å². The number of nitrogens with zero attached hydrogens (tertiary/aromatic N) is 1. The van der Waals surface area contributed by atoms with E-state index in [1.54, 1.807) is 15.3 Å². The lowest BCUT2D eigenvalue weighted by Crippen LogP contribution is -2.50. The molecule has 1 aromatic heterocycles. The second kappa shape index (κ2) is 5.55. The van der Waals surface area contributed by atoms with Crippen molar-refractivity contribution in [2.75, 3.05) is 13.6 Å². The number of fused-ring (bicyclic) bond motifs is 1. The van der Waals surface area contributed by atoms with Crippen LogP contribution in [0.3, 0.4) is 0 Å². The highest BCUT2D eigenvalue weighted by Crippen LogP contribution is 2.31. The van der Waals surface area contributed by atoms with Gasteiger partial charge in [-0.2, -0.15) is 0 Å². The SMILES string of the molecule is CC1CN(C)C(C)CC1NCc1cc2c(s1)CCC2. The molecule has 0 saturated carbocycles. The van der Waals surface area contributed by atoms with Crippen molar-refractivity contribution in [2.24, 2.45) is 5.92 Å². The van der Waals surface area contributed by atoms with Crippen LogP contribution in [0.25, 0.3) is 0 Å². The first kappa shape index (κ1) is 13.6. The minimum absolute atomic E-state index is 0.683. The van der Waals surface area contributed by atoms with Crippen molar-refractivity contribution in [3.8, 4) is 0 Å². The normalized spacial score (nSPS) is 31.6. The minimum Gasteiger partial charge on any atom is -0.309 e. The van der Waals surface area contributed by atoms with E-state index in [1.807, 2.05) is 11.3 Å². The van der Waals surface area contributed by atoms with Gasteiger partial charge >= 0.3 is 0 Å². The van der Waals surface area contributed by atoms with Gasteiger partial charge in [-0.3, -0.25) is 0 Å². The zero-order valence-corrected chi connectivity index (χ0v) is 13.2. The van der Waals surface area contributed by atoms with Crippen LogP contribution >= 0.6 is 11.3 Å². The molecule has 0 radical (unpaired) electrons. The fourth-order valence-corrected chi connectivity index (χ4v) is 4.75. The first-order valence-corrected chi connectivity index (χ1v) is 8.49. The van der Waals surface area contributed by atoms with Crippen LogP contribution in [0.5, 0.6) is 0 Å². The Bertz CT molecular complexity index is 418. The molecule has 3 heteroatoms. The van der Waals surface area contributed by atoms with Gasteiger partial charge in [-0.1, -0.05) is 6.92 Å². The van der Waals surface area contributed by atoms with Crippen LogP contribution < -0.4 is 5.32 Å². The fourth-order valence-electron chi connectivity index (χ4n) is 3.54. The number of hydrogen-bond acceptors (Lipinski definition) is 3. The Morgan fingerprint density at radius 3 is 3.00 bits per heavy atom. The Morgan fingerprint density at radius 2 is 2.21 bits per heavy atom. The third-order valence-electron chi connectivity index (χ3n) is 4.95. The van der Waals surface area contributed by atoms with Gasteiger partial charge in [0, 0.05) is 34.9 Å². The van der Waals surface area contributed by atoms with Crippen molar-refractivity contribution >= 4 is 11.3 Å². The van der Waals surface area contributed by atoms with E-state index in [4.69, 9.17) is 0 Å². The van der Waals surface area contributed by atoms with Crippen LogP contribution in [0.4, 0.5) is 0 Å². The molecule has 0 amide bonds. The quantitative estimate of drug-likeness (QED) is 0.914. The van der Waals surface area contributed by atoms with Gasteiger partial charge < -0.3 is 10.2 Å². The largest absolute Gasteiger partial charge is 0.309 e. The van der Waals surface area contributed by atoms with E-state index < -0.39 is 0 Å². The number of rotatable bonds is 3. The molecule has 3 rings (SSSR count). The van der Waals surface area contributed by atoms with E-state index in [2.05, 4.69) is 37.2 Å². The zero-order valence-electron chi connectivity index (χ0n) is 12.4. The molecular weight excluding hydrogens is 252 g/mol. The molecule has 3 unspecified atom stereocenters. The van der Waals surface area contributed by atoms with Gasteiger partial charge in [0.15, 0.2) is 0 Å². The highest BCUT2D eigenvalue weighted by Gasteiger charge is 2.28. The third kappa shape index (κ3) is 2.88. The number of likely N-dealkylation sites (tertiary alicyclic amines) is 1. The number of thiophene rings is 1. The molecule has 19 heavy (non-hydrogen) atoms. The summed E-state index contributed by atoms with van der Waals surface area (Å²) in [6, 6.07) is 3.84. The molecule has 0 spiro atoms. The molecule has 0 aromatic carbocycles. The van der Waals surface area contributed by atoms with Crippen LogP contribution in [-0.4, -0.2) is 30.6 Å². The molecule has 1 aliphatic carbocycles. The summed E-state index contributed by atoms with van der Waals surface area (Å²) in [4.78, 5) is 5.69. The number of hydrogen-bond donors (Lipinski definition) is 1. The van der Waals surface area contributed by atoms with Crippen LogP contribution in [-0.2, 0) is 19.4 Å². The maximum absolute atomic E-state index is 3.81. The predicted octanol–water partition coefficient (Wildman–Crippen LogP) is 3.06. The minimum atomic E-state index is 0.683. The Balaban J connectivity index is 1.56. The summed E-state index contributed by atoms with van der Waals surface area (Å²) in [5.74, 6) is 0.757. The van der Waals surface area contributed by atoms with E-state index in [0.717, 1.165) is 12.5 Å². The molecule has 2 nitrogen and oxygen atoms in total. The highest BCUT2D eigenvalue weighted by atomic mass is 32.1. The molecule has 2 aliphatic rings. The first-order valence-electron chi connectivity index (χ1n) is 7.67. The molecule has 2 heterocycles. The van der Waals surface area contributed by atoms with Gasteiger partial charge in [-0.15, -0.1) is 11.3 Å². The smallest absolute Gasteiger partial charge is 0.0302 e.